The Bertz CT molecular complexity index is 582. The maximum atomic E-state index is 12.3. The lowest BCUT2D eigenvalue weighted by atomic mass is 10.1. The smallest absolute Gasteiger partial charge is 0.310 e. The molecule has 116 valence electrons. The lowest BCUT2D eigenvalue weighted by Gasteiger charge is -2.20. The number of carbonyl (C=O) groups excluding carboxylic acids is 1. The van der Waals surface area contributed by atoms with E-state index in [0.717, 1.165) is 0 Å². The van der Waals surface area contributed by atoms with Gasteiger partial charge in [-0.25, -0.2) is 21.6 Å². The number of hydrogen-bond donors (Lipinski definition) is 1. The molecule has 2 rings (SSSR count). The van der Waals surface area contributed by atoms with E-state index in [1.807, 2.05) is 0 Å². The quantitative estimate of drug-likeness (QED) is 0.694. The van der Waals surface area contributed by atoms with Crippen molar-refractivity contribution in [1.29, 1.82) is 0 Å². The summed E-state index contributed by atoms with van der Waals surface area (Å²) in [5.74, 6) is -1.33. The van der Waals surface area contributed by atoms with Crippen LogP contribution in [0.1, 0.15) is 25.7 Å². The highest BCUT2D eigenvalue weighted by atomic mass is 32.2. The Morgan fingerprint density at radius 1 is 1.25 bits per heavy atom. The van der Waals surface area contributed by atoms with Gasteiger partial charge in [0.05, 0.1) is 29.8 Å². The highest BCUT2D eigenvalue weighted by molar-refractivity contribution is 7.92. The molecule has 0 amide bonds. The minimum absolute atomic E-state index is 0.00524. The van der Waals surface area contributed by atoms with Gasteiger partial charge in [-0.1, -0.05) is 6.42 Å². The standard InChI is InChI=1S/C11H19NO6S2/c1-18-11(13)9-3-2-4-10(9)20(16,17)12-8-5-6-19(14,15)7-8/h8-10,12H,2-7H2,1H3. The number of nitrogens with one attached hydrogen (secondary N) is 1. The van der Waals surface area contributed by atoms with Crippen LogP contribution in [0, 0.1) is 5.92 Å². The second-order valence-electron chi connectivity index (χ2n) is 5.36. The first-order valence-electron chi connectivity index (χ1n) is 6.54. The Labute approximate surface area is 119 Å². The number of sulfonamides is 1. The fourth-order valence-electron chi connectivity index (χ4n) is 2.93. The molecule has 2 fully saturated rings. The van der Waals surface area contributed by atoms with Crippen LogP contribution in [-0.2, 0) is 29.4 Å². The summed E-state index contributed by atoms with van der Waals surface area (Å²) in [6.07, 6.45) is 1.82. The zero-order valence-electron chi connectivity index (χ0n) is 11.2. The van der Waals surface area contributed by atoms with Crippen LogP contribution in [0.4, 0.5) is 0 Å². The predicted molar refractivity (Wildman–Crippen MR) is 72.3 cm³/mol. The lowest BCUT2D eigenvalue weighted by Crippen LogP contribution is -2.44. The molecule has 0 radical (unpaired) electrons. The first kappa shape index (κ1) is 15.7. The molecule has 7 nitrogen and oxygen atoms in total. The number of ether oxygens (including phenoxy) is 1. The molecule has 3 atom stereocenters. The Morgan fingerprint density at radius 3 is 2.50 bits per heavy atom. The topological polar surface area (TPSA) is 107 Å². The van der Waals surface area contributed by atoms with Crippen LogP contribution < -0.4 is 4.72 Å². The number of esters is 1. The third kappa shape index (κ3) is 3.32. The molecule has 1 saturated heterocycles. The number of sulfone groups is 1. The van der Waals surface area contributed by atoms with Crippen LogP contribution in [0.15, 0.2) is 0 Å². The van der Waals surface area contributed by atoms with Gasteiger partial charge in [0.2, 0.25) is 10.0 Å². The first-order chi connectivity index (χ1) is 9.25. The lowest BCUT2D eigenvalue weighted by molar-refractivity contribution is -0.145. The van der Waals surface area contributed by atoms with Gasteiger partial charge in [-0.05, 0) is 19.3 Å². The van der Waals surface area contributed by atoms with E-state index in [9.17, 15) is 21.6 Å². The second-order valence-corrected chi connectivity index (χ2v) is 9.52. The van der Waals surface area contributed by atoms with Gasteiger partial charge < -0.3 is 4.74 Å². The van der Waals surface area contributed by atoms with Gasteiger partial charge in [-0.2, -0.15) is 0 Å². The van der Waals surface area contributed by atoms with Crippen LogP contribution in [-0.4, -0.2) is 52.7 Å². The van der Waals surface area contributed by atoms with Crippen molar-refractivity contribution in [3.05, 3.63) is 0 Å². The highest BCUT2D eigenvalue weighted by Gasteiger charge is 2.43. The van der Waals surface area contributed by atoms with E-state index in [1.165, 1.54) is 7.11 Å². The van der Waals surface area contributed by atoms with E-state index in [-0.39, 0.29) is 17.9 Å². The Balaban J connectivity index is 2.08. The van der Waals surface area contributed by atoms with Crippen molar-refractivity contribution in [2.75, 3.05) is 18.6 Å². The molecule has 2 aliphatic rings. The van der Waals surface area contributed by atoms with Crippen LogP contribution in [0.2, 0.25) is 0 Å². The van der Waals surface area contributed by atoms with Crippen molar-refractivity contribution in [2.45, 2.75) is 37.0 Å². The summed E-state index contributed by atoms with van der Waals surface area (Å²) >= 11 is 0. The average Bonchev–Trinajstić information content (AvgIpc) is 2.94. The van der Waals surface area contributed by atoms with Gasteiger partial charge in [0.25, 0.3) is 0 Å². The summed E-state index contributed by atoms with van der Waals surface area (Å²) in [5, 5.41) is -0.821. The van der Waals surface area contributed by atoms with Crippen LogP contribution >= 0.6 is 0 Å². The third-order valence-corrected chi connectivity index (χ3v) is 7.71. The summed E-state index contributed by atoms with van der Waals surface area (Å²) < 4.78 is 54.4. The third-order valence-electron chi connectivity index (χ3n) is 3.92. The molecule has 3 unspecified atom stereocenters. The van der Waals surface area contributed by atoms with E-state index < -0.39 is 43.0 Å². The Hall–Kier alpha value is -0.670. The molecule has 0 spiro atoms. The van der Waals surface area contributed by atoms with E-state index in [0.29, 0.717) is 19.3 Å². The molecular weight excluding hydrogens is 306 g/mol. The van der Waals surface area contributed by atoms with Crippen molar-refractivity contribution < 1.29 is 26.4 Å². The zero-order chi connectivity index (χ0) is 15.0. The molecule has 0 bridgehead atoms. The summed E-state index contributed by atoms with van der Waals surface area (Å²) in [5.41, 5.74) is 0. The summed E-state index contributed by atoms with van der Waals surface area (Å²) in [4.78, 5) is 11.6. The van der Waals surface area contributed by atoms with Gasteiger partial charge in [0.15, 0.2) is 9.84 Å². The van der Waals surface area contributed by atoms with Gasteiger partial charge in [0, 0.05) is 6.04 Å². The fourth-order valence-corrected chi connectivity index (χ4v) is 6.70. The van der Waals surface area contributed by atoms with Gasteiger partial charge in [0.1, 0.15) is 0 Å². The maximum absolute atomic E-state index is 12.3. The number of hydrogen-bond acceptors (Lipinski definition) is 6. The number of carbonyl (C=O) groups is 1. The molecule has 1 N–H and O–H groups in total. The molecule has 20 heavy (non-hydrogen) atoms. The minimum Gasteiger partial charge on any atom is -0.469 e. The van der Waals surface area contributed by atoms with E-state index >= 15 is 0 Å². The van der Waals surface area contributed by atoms with Gasteiger partial charge >= 0.3 is 5.97 Å². The minimum atomic E-state index is -3.71. The normalized spacial score (nSPS) is 33.1. The van der Waals surface area contributed by atoms with E-state index in [4.69, 9.17) is 0 Å². The SMILES string of the molecule is COC(=O)C1CCCC1S(=O)(=O)NC1CCS(=O)(=O)C1. The van der Waals surface area contributed by atoms with E-state index in [2.05, 4.69) is 9.46 Å². The van der Waals surface area contributed by atoms with Crippen LogP contribution in [0.5, 0.6) is 0 Å². The molecular formula is C11H19NO6S2. The summed E-state index contributed by atoms with van der Waals surface area (Å²) in [6.45, 7) is 0. The van der Waals surface area contributed by atoms with Gasteiger partial charge in [-0.3, -0.25) is 4.79 Å². The molecule has 1 heterocycles. The zero-order valence-corrected chi connectivity index (χ0v) is 12.9. The molecule has 1 saturated carbocycles. The first-order valence-corrected chi connectivity index (χ1v) is 9.91. The van der Waals surface area contributed by atoms with Crippen molar-refractivity contribution >= 4 is 25.8 Å². The Morgan fingerprint density at radius 2 is 1.95 bits per heavy atom. The van der Waals surface area contributed by atoms with Crippen molar-refractivity contribution in [3.8, 4) is 0 Å². The number of rotatable bonds is 4. The molecule has 0 aromatic carbocycles. The second kappa shape index (κ2) is 5.61. The molecule has 1 aliphatic carbocycles. The Kier molecular flexibility index (Phi) is 4.41. The predicted octanol–water partition coefficient (Wildman–Crippen LogP) is -0.565. The maximum Gasteiger partial charge on any atom is 0.310 e. The van der Waals surface area contributed by atoms with Gasteiger partial charge in [-0.15, -0.1) is 0 Å². The average molecular weight is 325 g/mol. The molecule has 1 aliphatic heterocycles. The van der Waals surface area contributed by atoms with E-state index in [1.54, 1.807) is 0 Å². The fraction of sp³-hybridized carbons (Fsp3) is 0.909. The molecule has 0 aromatic rings. The monoisotopic (exact) mass is 325 g/mol. The van der Waals surface area contributed by atoms with Crippen molar-refractivity contribution in [1.82, 2.24) is 4.72 Å². The summed E-state index contributed by atoms with van der Waals surface area (Å²) in [6, 6.07) is -0.580. The molecule has 0 aromatic heterocycles. The highest BCUT2D eigenvalue weighted by Crippen LogP contribution is 2.32. The van der Waals surface area contributed by atoms with Crippen LogP contribution in [0.25, 0.3) is 0 Å². The largest absolute Gasteiger partial charge is 0.469 e. The molecule has 9 heteroatoms. The van der Waals surface area contributed by atoms with Crippen LogP contribution in [0.3, 0.4) is 0 Å². The summed E-state index contributed by atoms with van der Waals surface area (Å²) in [7, 11) is -5.62. The van der Waals surface area contributed by atoms with Crippen molar-refractivity contribution in [3.63, 3.8) is 0 Å². The number of methoxy groups -OCH3 is 1. The van der Waals surface area contributed by atoms with Crippen molar-refractivity contribution in [2.24, 2.45) is 5.92 Å².